The molecule has 0 amide bonds. The lowest BCUT2D eigenvalue weighted by Gasteiger charge is -2.15. The Morgan fingerprint density at radius 1 is 1.39 bits per heavy atom. The Hall–Kier alpha value is -1.37. The quantitative estimate of drug-likeness (QED) is 0.892. The van der Waals surface area contributed by atoms with Crippen LogP contribution < -0.4 is 9.88 Å². The minimum absolute atomic E-state index is 0.00916. The molecule has 2 N–H and O–H groups in total. The first-order chi connectivity index (χ1) is 8.52. The Balaban J connectivity index is 2.49. The molecule has 2 rings (SSSR count). The van der Waals surface area contributed by atoms with Gasteiger partial charge in [-0.15, -0.1) is 0 Å². The maximum atomic E-state index is 11.5. The lowest BCUT2D eigenvalue weighted by molar-refractivity contribution is 0.161. The van der Waals surface area contributed by atoms with E-state index in [1.807, 2.05) is 12.1 Å². The van der Waals surface area contributed by atoms with Crippen LogP contribution in [0.4, 0.5) is 0 Å². The van der Waals surface area contributed by atoms with Crippen molar-refractivity contribution in [3.05, 3.63) is 29.8 Å². The molecule has 0 bridgehead atoms. The average Bonchev–Trinajstić information content (AvgIpc) is 2.38. The van der Waals surface area contributed by atoms with Gasteiger partial charge >= 0.3 is 0 Å². The largest absolute Gasteiger partial charge is 0.495 e. The van der Waals surface area contributed by atoms with Gasteiger partial charge in [0, 0.05) is 0 Å². The number of benzene rings is 1. The normalized spacial score (nSPS) is 16.2. The van der Waals surface area contributed by atoms with Gasteiger partial charge in [0.05, 0.1) is 20.3 Å². The van der Waals surface area contributed by atoms with Crippen LogP contribution in [0, 0.1) is 0 Å². The van der Waals surface area contributed by atoms with E-state index in [-0.39, 0.29) is 10.6 Å². The van der Waals surface area contributed by atoms with E-state index in [1.165, 1.54) is 7.11 Å². The van der Waals surface area contributed by atoms with Crippen LogP contribution in [0.5, 0.6) is 5.75 Å². The van der Waals surface area contributed by atoms with E-state index in [0.717, 1.165) is 17.6 Å². The fraction of sp³-hybridized carbons (Fsp3) is 0.333. The number of hydrogen-bond donors (Lipinski definition) is 1. The Labute approximate surface area is 106 Å². The Morgan fingerprint density at radius 2 is 2.17 bits per heavy atom. The van der Waals surface area contributed by atoms with Crippen molar-refractivity contribution in [1.29, 1.82) is 0 Å². The highest BCUT2D eigenvalue weighted by atomic mass is 32.2. The third kappa shape index (κ3) is 2.72. The van der Waals surface area contributed by atoms with Crippen molar-refractivity contribution in [2.24, 2.45) is 5.14 Å². The SMILES string of the molecule is COc1ccc(C2=CCOCC2)cc1S(N)(=O)=O. The predicted molar refractivity (Wildman–Crippen MR) is 67.8 cm³/mol. The minimum atomic E-state index is -3.79. The number of nitrogens with two attached hydrogens (primary N) is 1. The number of methoxy groups -OCH3 is 1. The van der Waals surface area contributed by atoms with Crippen LogP contribution in [-0.4, -0.2) is 28.7 Å². The fourth-order valence-corrected chi connectivity index (χ4v) is 2.61. The summed E-state index contributed by atoms with van der Waals surface area (Å²) in [6.45, 7) is 1.19. The van der Waals surface area contributed by atoms with Gasteiger partial charge < -0.3 is 9.47 Å². The monoisotopic (exact) mass is 269 g/mol. The second-order valence-electron chi connectivity index (χ2n) is 3.96. The van der Waals surface area contributed by atoms with Gasteiger partial charge in [0.2, 0.25) is 10.0 Å². The summed E-state index contributed by atoms with van der Waals surface area (Å²) in [6, 6.07) is 4.99. The van der Waals surface area contributed by atoms with Crippen molar-refractivity contribution in [3.8, 4) is 5.75 Å². The van der Waals surface area contributed by atoms with Crippen molar-refractivity contribution >= 4 is 15.6 Å². The number of ether oxygens (including phenoxy) is 2. The molecular weight excluding hydrogens is 254 g/mol. The Bertz CT molecular complexity index is 578. The van der Waals surface area contributed by atoms with Gasteiger partial charge in [-0.1, -0.05) is 12.1 Å². The molecule has 0 aliphatic carbocycles. The van der Waals surface area contributed by atoms with E-state index in [0.29, 0.717) is 13.2 Å². The Morgan fingerprint density at radius 3 is 2.72 bits per heavy atom. The highest BCUT2D eigenvalue weighted by molar-refractivity contribution is 7.89. The molecule has 0 saturated heterocycles. The van der Waals surface area contributed by atoms with Crippen LogP contribution in [0.25, 0.3) is 5.57 Å². The highest BCUT2D eigenvalue weighted by Crippen LogP contribution is 2.29. The number of primary sulfonamides is 1. The molecular formula is C12H15NO4S. The number of sulfonamides is 1. The summed E-state index contributed by atoms with van der Waals surface area (Å²) in [6.07, 6.45) is 2.70. The number of hydrogen-bond acceptors (Lipinski definition) is 4. The summed E-state index contributed by atoms with van der Waals surface area (Å²) >= 11 is 0. The maximum Gasteiger partial charge on any atom is 0.241 e. The summed E-state index contributed by atoms with van der Waals surface area (Å²) < 4.78 is 33.2. The van der Waals surface area contributed by atoms with Gasteiger partial charge in [0.1, 0.15) is 10.6 Å². The third-order valence-corrected chi connectivity index (χ3v) is 3.74. The Kier molecular flexibility index (Phi) is 3.70. The third-order valence-electron chi connectivity index (χ3n) is 2.80. The topological polar surface area (TPSA) is 78.6 Å². The summed E-state index contributed by atoms with van der Waals surface area (Å²) in [5.74, 6) is 0.258. The lowest BCUT2D eigenvalue weighted by atomic mass is 10.0. The van der Waals surface area contributed by atoms with E-state index in [2.05, 4.69) is 0 Å². The zero-order valence-corrected chi connectivity index (χ0v) is 10.9. The molecule has 1 heterocycles. The first kappa shape index (κ1) is 13.1. The van der Waals surface area contributed by atoms with E-state index in [4.69, 9.17) is 14.6 Å². The van der Waals surface area contributed by atoms with Crippen LogP contribution in [0.1, 0.15) is 12.0 Å². The van der Waals surface area contributed by atoms with E-state index < -0.39 is 10.0 Å². The second-order valence-corrected chi connectivity index (χ2v) is 5.49. The molecule has 0 unspecified atom stereocenters. The van der Waals surface area contributed by atoms with Gasteiger partial charge in [-0.2, -0.15) is 0 Å². The summed E-state index contributed by atoms with van der Waals surface area (Å²) in [5.41, 5.74) is 1.90. The molecule has 18 heavy (non-hydrogen) atoms. The molecule has 0 radical (unpaired) electrons. The van der Waals surface area contributed by atoms with Crippen molar-refractivity contribution in [2.45, 2.75) is 11.3 Å². The average molecular weight is 269 g/mol. The predicted octanol–water partition coefficient (Wildman–Crippen LogP) is 1.15. The van der Waals surface area contributed by atoms with Gasteiger partial charge in [-0.05, 0) is 29.7 Å². The van der Waals surface area contributed by atoms with Crippen LogP contribution in [0.15, 0.2) is 29.2 Å². The lowest BCUT2D eigenvalue weighted by Crippen LogP contribution is -2.14. The molecule has 5 nitrogen and oxygen atoms in total. The molecule has 6 heteroatoms. The van der Waals surface area contributed by atoms with Crippen molar-refractivity contribution < 1.29 is 17.9 Å². The van der Waals surface area contributed by atoms with Gasteiger partial charge in [-0.25, -0.2) is 13.6 Å². The van der Waals surface area contributed by atoms with E-state index >= 15 is 0 Å². The van der Waals surface area contributed by atoms with Crippen molar-refractivity contribution in [3.63, 3.8) is 0 Å². The first-order valence-corrected chi connectivity index (χ1v) is 7.05. The zero-order valence-electron chi connectivity index (χ0n) is 10.0. The molecule has 0 spiro atoms. The van der Waals surface area contributed by atoms with Gasteiger partial charge in [0.15, 0.2) is 0 Å². The van der Waals surface area contributed by atoms with Crippen LogP contribution >= 0.6 is 0 Å². The molecule has 1 aromatic rings. The first-order valence-electron chi connectivity index (χ1n) is 5.50. The standard InChI is InChI=1S/C12H15NO4S/c1-16-11-3-2-10(8-12(11)18(13,14)15)9-4-6-17-7-5-9/h2-4,8H,5-7H2,1H3,(H2,13,14,15). The maximum absolute atomic E-state index is 11.5. The van der Waals surface area contributed by atoms with Gasteiger partial charge in [0.25, 0.3) is 0 Å². The molecule has 1 aromatic carbocycles. The van der Waals surface area contributed by atoms with Gasteiger partial charge in [-0.3, -0.25) is 0 Å². The van der Waals surface area contributed by atoms with E-state index in [1.54, 1.807) is 12.1 Å². The van der Waals surface area contributed by atoms with Crippen molar-refractivity contribution in [2.75, 3.05) is 20.3 Å². The molecule has 0 fully saturated rings. The molecule has 1 aliphatic rings. The summed E-state index contributed by atoms with van der Waals surface area (Å²) in [5, 5.41) is 5.18. The second kappa shape index (κ2) is 5.09. The van der Waals surface area contributed by atoms with Crippen LogP contribution in [-0.2, 0) is 14.8 Å². The minimum Gasteiger partial charge on any atom is -0.495 e. The van der Waals surface area contributed by atoms with Crippen LogP contribution in [0.2, 0.25) is 0 Å². The fourth-order valence-electron chi connectivity index (χ4n) is 1.89. The molecule has 0 aromatic heterocycles. The molecule has 98 valence electrons. The number of rotatable bonds is 3. The zero-order chi connectivity index (χ0) is 13.2. The van der Waals surface area contributed by atoms with Crippen molar-refractivity contribution in [1.82, 2.24) is 0 Å². The molecule has 0 saturated carbocycles. The molecule has 0 atom stereocenters. The smallest absolute Gasteiger partial charge is 0.241 e. The summed E-state index contributed by atoms with van der Waals surface area (Å²) in [7, 11) is -2.38. The molecule has 1 aliphatic heterocycles. The summed E-state index contributed by atoms with van der Waals surface area (Å²) in [4.78, 5) is 0.00916. The highest BCUT2D eigenvalue weighted by Gasteiger charge is 2.17. The van der Waals surface area contributed by atoms with Crippen LogP contribution in [0.3, 0.4) is 0 Å². The van der Waals surface area contributed by atoms with E-state index in [9.17, 15) is 8.42 Å².